The first-order chi connectivity index (χ1) is 8.00. The monoisotopic (exact) mass is 253 g/mol. The number of rotatable bonds is 3. The molecule has 0 heterocycles. The SMILES string of the molecule is Cc1ccc(Cl)cc1C(=O)NCC1(O)CCC1. The first kappa shape index (κ1) is 12.4. The van der Waals surface area contributed by atoms with Gasteiger partial charge in [0.1, 0.15) is 0 Å². The Balaban J connectivity index is 2.01. The van der Waals surface area contributed by atoms with Crippen molar-refractivity contribution in [1.29, 1.82) is 0 Å². The summed E-state index contributed by atoms with van der Waals surface area (Å²) in [5.74, 6) is -0.176. The molecule has 1 aliphatic carbocycles. The van der Waals surface area contributed by atoms with Crippen molar-refractivity contribution in [3.8, 4) is 0 Å². The second kappa shape index (κ2) is 4.67. The number of nitrogens with one attached hydrogen (secondary N) is 1. The summed E-state index contributed by atoms with van der Waals surface area (Å²) < 4.78 is 0. The molecule has 0 bridgehead atoms. The van der Waals surface area contributed by atoms with Crippen molar-refractivity contribution in [2.75, 3.05) is 6.54 Å². The maximum Gasteiger partial charge on any atom is 0.251 e. The summed E-state index contributed by atoms with van der Waals surface area (Å²) in [7, 11) is 0. The van der Waals surface area contributed by atoms with Gasteiger partial charge < -0.3 is 10.4 Å². The molecule has 2 rings (SSSR count). The fraction of sp³-hybridized carbons (Fsp3) is 0.462. The quantitative estimate of drug-likeness (QED) is 0.868. The van der Waals surface area contributed by atoms with Crippen molar-refractivity contribution in [3.05, 3.63) is 34.3 Å². The molecule has 1 aliphatic rings. The molecule has 4 heteroatoms. The summed E-state index contributed by atoms with van der Waals surface area (Å²) in [6.07, 6.45) is 2.56. The molecule has 1 amide bonds. The molecule has 0 saturated heterocycles. The van der Waals surface area contributed by atoms with Crippen LogP contribution in [0, 0.1) is 6.92 Å². The van der Waals surface area contributed by atoms with Crippen LogP contribution in [0.2, 0.25) is 5.02 Å². The van der Waals surface area contributed by atoms with E-state index >= 15 is 0 Å². The number of aryl methyl sites for hydroxylation is 1. The molecule has 2 N–H and O–H groups in total. The van der Waals surface area contributed by atoms with Gasteiger partial charge in [-0.2, -0.15) is 0 Å². The summed E-state index contributed by atoms with van der Waals surface area (Å²) >= 11 is 5.86. The van der Waals surface area contributed by atoms with Crippen LogP contribution in [0.25, 0.3) is 0 Å². The zero-order chi connectivity index (χ0) is 12.5. The minimum Gasteiger partial charge on any atom is -0.388 e. The zero-order valence-corrected chi connectivity index (χ0v) is 10.5. The van der Waals surface area contributed by atoms with Gasteiger partial charge >= 0.3 is 0 Å². The normalized spacial score (nSPS) is 17.4. The molecular formula is C13H16ClNO2. The van der Waals surface area contributed by atoms with Crippen LogP contribution < -0.4 is 5.32 Å². The van der Waals surface area contributed by atoms with E-state index in [1.54, 1.807) is 12.1 Å². The topological polar surface area (TPSA) is 49.3 Å². The molecule has 1 fully saturated rings. The second-order valence-corrected chi connectivity index (χ2v) is 5.16. The van der Waals surface area contributed by atoms with Crippen molar-refractivity contribution in [2.45, 2.75) is 31.8 Å². The number of halogens is 1. The lowest BCUT2D eigenvalue weighted by atomic mass is 9.80. The molecular weight excluding hydrogens is 238 g/mol. The fourth-order valence-electron chi connectivity index (χ4n) is 1.94. The van der Waals surface area contributed by atoms with Gasteiger partial charge in [-0.25, -0.2) is 0 Å². The highest BCUT2D eigenvalue weighted by Crippen LogP contribution is 2.30. The van der Waals surface area contributed by atoms with Crippen LogP contribution in [0.5, 0.6) is 0 Å². The van der Waals surface area contributed by atoms with Crippen LogP contribution in [0.1, 0.15) is 35.2 Å². The van der Waals surface area contributed by atoms with Crippen LogP contribution in [0.4, 0.5) is 0 Å². The highest BCUT2D eigenvalue weighted by Gasteiger charge is 2.34. The summed E-state index contributed by atoms with van der Waals surface area (Å²) in [4.78, 5) is 11.9. The highest BCUT2D eigenvalue weighted by molar-refractivity contribution is 6.31. The third-order valence-corrected chi connectivity index (χ3v) is 3.54. The third-order valence-electron chi connectivity index (χ3n) is 3.31. The summed E-state index contributed by atoms with van der Waals surface area (Å²) in [6, 6.07) is 5.22. The van der Waals surface area contributed by atoms with Crippen LogP contribution in [0.3, 0.4) is 0 Å². The van der Waals surface area contributed by atoms with Gasteiger partial charge in [-0.05, 0) is 43.9 Å². The van der Waals surface area contributed by atoms with Gasteiger partial charge in [-0.3, -0.25) is 4.79 Å². The predicted molar refractivity (Wildman–Crippen MR) is 67.3 cm³/mol. The number of benzene rings is 1. The van der Waals surface area contributed by atoms with Gasteiger partial charge in [0.2, 0.25) is 0 Å². The molecule has 0 atom stereocenters. The van der Waals surface area contributed by atoms with E-state index in [-0.39, 0.29) is 5.91 Å². The van der Waals surface area contributed by atoms with E-state index in [0.717, 1.165) is 24.8 Å². The average molecular weight is 254 g/mol. The highest BCUT2D eigenvalue weighted by atomic mass is 35.5. The summed E-state index contributed by atoms with van der Waals surface area (Å²) in [6.45, 7) is 2.18. The van der Waals surface area contributed by atoms with E-state index in [9.17, 15) is 9.90 Å². The van der Waals surface area contributed by atoms with Gasteiger partial charge in [0, 0.05) is 17.1 Å². The number of carbonyl (C=O) groups is 1. The average Bonchev–Trinajstić information content (AvgIpc) is 2.26. The maximum absolute atomic E-state index is 11.9. The smallest absolute Gasteiger partial charge is 0.251 e. The van der Waals surface area contributed by atoms with Crippen LogP contribution in [0.15, 0.2) is 18.2 Å². The Morgan fingerprint density at radius 1 is 1.53 bits per heavy atom. The van der Waals surface area contributed by atoms with Crippen LogP contribution in [-0.2, 0) is 0 Å². The van der Waals surface area contributed by atoms with E-state index in [1.165, 1.54) is 0 Å². The standard InChI is InChI=1S/C13H16ClNO2/c1-9-3-4-10(14)7-11(9)12(16)15-8-13(17)5-2-6-13/h3-4,7,17H,2,5-6,8H2,1H3,(H,15,16). The molecule has 1 aromatic rings. The van der Waals surface area contributed by atoms with E-state index < -0.39 is 5.60 Å². The summed E-state index contributed by atoms with van der Waals surface area (Å²) in [5, 5.41) is 13.2. The lowest BCUT2D eigenvalue weighted by Crippen LogP contribution is -2.47. The lowest BCUT2D eigenvalue weighted by molar-refractivity contribution is -0.0300. The molecule has 1 saturated carbocycles. The molecule has 0 spiro atoms. The largest absolute Gasteiger partial charge is 0.388 e. The fourth-order valence-corrected chi connectivity index (χ4v) is 2.11. The van der Waals surface area contributed by atoms with Gasteiger partial charge in [0.05, 0.1) is 5.60 Å². The van der Waals surface area contributed by atoms with Crippen molar-refractivity contribution in [3.63, 3.8) is 0 Å². The van der Waals surface area contributed by atoms with Gasteiger partial charge in [-0.15, -0.1) is 0 Å². The Bertz CT molecular complexity index is 441. The van der Waals surface area contributed by atoms with Gasteiger partial charge in [0.25, 0.3) is 5.91 Å². The van der Waals surface area contributed by atoms with Crippen LogP contribution >= 0.6 is 11.6 Å². The third kappa shape index (κ3) is 2.79. The van der Waals surface area contributed by atoms with E-state index in [2.05, 4.69) is 5.32 Å². The molecule has 3 nitrogen and oxygen atoms in total. The Morgan fingerprint density at radius 2 is 2.24 bits per heavy atom. The number of aliphatic hydroxyl groups is 1. The molecule has 0 unspecified atom stereocenters. The minimum absolute atomic E-state index is 0.176. The first-order valence-corrected chi connectivity index (χ1v) is 6.15. The molecule has 0 aliphatic heterocycles. The van der Waals surface area contributed by atoms with Crippen molar-refractivity contribution in [1.82, 2.24) is 5.32 Å². The molecule has 0 radical (unpaired) electrons. The Morgan fingerprint density at radius 3 is 2.82 bits per heavy atom. The van der Waals surface area contributed by atoms with E-state index in [4.69, 9.17) is 11.6 Å². The number of carbonyl (C=O) groups excluding carboxylic acids is 1. The van der Waals surface area contributed by atoms with Gasteiger partial charge in [-0.1, -0.05) is 17.7 Å². The number of hydrogen-bond donors (Lipinski definition) is 2. The van der Waals surface area contributed by atoms with Crippen molar-refractivity contribution in [2.24, 2.45) is 0 Å². The van der Waals surface area contributed by atoms with Crippen molar-refractivity contribution < 1.29 is 9.90 Å². The molecule has 1 aromatic carbocycles. The lowest BCUT2D eigenvalue weighted by Gasteiger charge is -2.36. The number of amides is 1. The number of hydrogen-bond acceptors (Lipinski definition) is 2. The predicted octanol–water partition coefficient (Wildman–Crippen LogP) is 2.29. The van der Waals surface area contributed by atoms with Gasteiger partial charge in [0.15, 0.2) is 0 Å². The first-order valence-electron chi connectivity index (χ1n) is 5.77. The molecule has 0 aromatic heterocycles. The van der Waals surface area contributed by atoms with Crippen molar-refractivity contribution >= 4 is 17.5 Å². The zero-order valence-electron chi connectivity index (χ0n) is 9.79. The Kier molecular flexibility index (Phi) is 3.40. The molecule has 92 valence electrons. The van der Waals surface area contributed by atoms with E-state index in [1.807, 2.05) is 13.0 Å². The minimum atomic E-state index is -0.692. The molecule has 17 heavy (non-hydrogen) atoms. The summed E-state index contributed by atoms with van der Waals surface area (Å²) in [5.41, 5.74) is 0.759. The second-order valence-electron chi connectivity index (χ2n) is 4.72. The van der Waals surface area contributed by atoms with E-state index in [0.29, 0.717) is 17.1 Å². The van der Waals surface area contributed by atoms with Crippen LogP contribution in [-0.4, -0.2) is 23.2 Å². The maximum atomic E-state index is 11.9. The Hall–Kier alpha value is -1.06. The Labute approximate surface area is 106 Å².